The molecule has 1 aromatic carbocycles. The second-order valence-electron chi connectivity index (χ2n) is 3.26. The zero-order valence-electron chi connectivity index (χ0n) is 9.03. The van der Waals surface area contributed by atoms with Crippen LogP contribution in [0.15, 0.2) is 18.2 Å². The Hall–Kier alpha value is -0.930. The Morgan fingerprint density at radius 3 is 2.27 bits per heavy atom. The minimum atomic E-state index is -0.607. The molecule has 0 bridgehead atoms. The molecule has 1 rings (SSSR count). The van der Waals surface area contributed by atoms with Gasteiger partial charge in [-0.3, -0.25) is 0 Å². The van der Waals surface area contributed by atoms with E-state index in [9.17, 15) is 5.11 Å². The Morgan fingerprint density at radius 2 is 1.80 bits per heavy atom. The number of rotatable bonds is 4. The first kappa shape index (κ1) is 12.1. The Bertz CT molecular complexity index is 326. The van der Waals surface area contributed by atoms with Crippen molar-refractivity contribution in [1.29, 1.82) is 0 Å². The van der Waals surface area contributed by atoms with Gasteiger partial charge in [-0.05, 0) is 24.6 Å². The molecule has 0 aromatic heterocycles. The average Bonchev–Trinajstić information content (AvgIpc) is 2.26. The van der Waals surface area contributed by atoms with Gasteiger partial charge in [0.1, 0.15) is 0 Å². The van der Waals surface area contributed by atoms with Gasteiger partial charge >= 0.3 is 0 Å². The van der Waals surface area contributed by atoms with Crippen LogP contribution in [0, 0.1) is 0 Å². The molecule has 2 unspecified atom stereocenters. The van der Waals surface area contributed by atoms with E-state index in [4.69, 9.17) is 21.1 Å². The summed E-state index contributed by atoms with van der Waals surface area (Å²) < 4.78 is 10.2. The van der Waals surface area contributed by atoms with E-state index >= 15 is 0 Å². The Labute approximate surface area is 94.6 Å². The second kappa shape index (κ2) is 5.24. The molecule has 15 heavy (non-hydrogen) atoms. The molecule has 0 aliphatic carbocycles. The molecule has 2 atom stereocenters. The molecular formula is C11H15ClO3. The summed E-state index contributed by atoms with van der Waals surface area (Å²) in [4.78, 5) is 0. The molecular weight excluding hydrogens is 216 g/mol. The van der Waals surface area contributed by atoms with Crippen molar-refractivity contribution in [2.24, 2.45) is 0 Å². The summed E-state index contributed by atoms with van der Waals surface area (Å²) in [6.45, 7) is 1.65. The van der Waals surface area contributed by atoms with E-state index in [0.717, 1.165) is 5.56 Å². The van der Waals surface area contributed by atoms with E-state index in [2.05, 4.69) is 0 Å². The standard InChI is InChI=1S/C11H15ClO3/c1-7(13)11(12)8-4-5-9(14-2)10(6-8)15-3/h4-7,11,13H,1-3H3. The number of methoxy groups -OCH3 is 2. The molecule has 0 saturated heterocycles. The van der Waals surface area contributed by atoms with Crippen LogP contribution >= 0.6 is 11.6 Å². The lowest BCUT2D eigenvalue weighted by atomic mass is 10.1. The fraction of sp³-hybridized carbons (Fsp3) is 0.455. The third-order valence-electron chi connectivity index (χ3n) is 2.15. The van der Waals surface area contributed by atoms with Crippen LogP contribution in [0.5, 0.6) is 11.5 Å². The topological polar surface area (TPSA) is 38.7 Å². The summed E-state index contributed by atoms with van der Waals surface area (Å²) in [5.74, 6) is 1.26. The highest BCUT2D eigenvalue weighted by molar-refractivity contribution is 6.21. The quantitative estimate of drug-likeness (QED) is 0.808. The zero-order valence-corrected chi connectivity index (χ0v) is 9.78. The van der Waals surface area contributed by atoms with Crippen molar-refractivity contribution in [3.05, 3.63) is 23.8 Å². The van der Waals surface area contributed by atoms with Gasteiger partial charge in [-0.15, -0.1) is 11.6 Å². The van der Waals surface area contributed by atoms with Gasteiger partial charge < -0.3 is 14.6 Å². The van der Waals surface area contributed by atoms with Crippen LogP contribution in [0.3, 0.4) is 0 Å². The highest BCUT2D eigenvalue weighted by Crippen LogP contribution is 2.33. The van der Waals surface area contributed by atoms with Gasteiger partial charge in [0.15, 0.2) is 11.5 Å². The van der Waals surface area contributed by atoms with E-state index in [0.29, 0.717) is 11.5 Å². The molecule has 1 N–H and O–H groups in total. The maximum atomic E-state index is 9.36. The van der Waals surface area contributed by atoms with Gasteiger partial charge in [0.05, 0.1) is 25.7 Å². The van der Waals surface area contributed by atoms with E-state index in [-0.39, 0.29) is 0 Å². The number of benzene rings is 1. The number of halogens is 1. The van der Waals surface area contributed by atoms with Gasteiger partial charge in [-0.25, -0.2) is 0 Å². The maximum Gasteiger partial charge on any atom is 0.161 e. The van der Waals surface area contributed by atoms with Gasteiger partial charge in [-0.2, -0.15) is 0 Å². The summed E-state index contributed by atoms with van der Waals surface area (Å²) in [7, 11) is 3.14. The van der Waals surface area contributed by atoms with E-state index in [1.54, 1.807) is 33.3 Å². The molecule has 0 aliphatic rings. The molecule has 1 aromatic rings. The number of hydrogen-bond donors (Lipinski definition) is 1. The minimum absolute atomic E-state index is 0.440. The fourth-order valence-corrected chi connectivity index (χ4v) is 1.44. The first-order chi connectivity index (χ1) is 7.10. The summed E-state index contributed by atoms with van der Waals surface area (Å²) in [6, 6.07) is 5.35. The number of hydrogen-bond acceptors (Lipinski definition) is 3. The Kier molecular flexibility index (Phi) is 4.24. The normalized spacial score (nSPS) is 14.5. The van der Waals surface area contributed by atoms with Gasteiger partial charge in [-0.1, -0.05) is 6.07 Å². The van der Waals surface area contributed by atoms with E-state index in [1.165, 1.54) is 0 Å². The molecule has 4 heteroatoms. The van der Waals surface area contributed by atoms with Crippen molar-refractivity contribution in [1.82, 2.24) is 0 Å². The van der Waals surface area contributed by atoms with Crippen LogP contribution in [0.25, 0.3) is 0 Å². The molecule has 3 nitrogen and oxygen atoms in total. The van der Waals surface area contributed by atoms with E-state index < -0.39 is 11.5 Å². The van der Waals surface area contributed by atoms with Crippen molar-refractivity contribution >= 4 is 11.6 Å². The predicted molar refractivity (Wildman–Crippen MR) is 59.8 cm³/mol. The molecule has 0 amide bonds. The Balaban J connectivity index is 3.02. The van der Waals surface area contributed by atoms with Crippen molar-refractivity contribution in [3.8, 4) is 11.5 Å². The van der Waals surface area contributed by atoms with Crippen molar-refractivity contribution in [3.63, 3.8) is 0 Å². The summed E-state index contributed by atoms with van der Waals surface area (Å²) in [5, 5.41) is 8.92. The minimum Gasteiger partial charge on any atom is -0.493 e. The molecule has 0 fully saturated rings. The first-order valence-electron chi connectivity index (χ1n) is 4.64. The lowest BCUT2D eigenvalue weighted by Gasteiger charge is -2.15. The molecule has 0 heterocycles. The van der Waals surface area contributed by atoms with Crippen LogP contribution in [0.2, 0.25) is 0 Å². The lowest BCUT2D eigenvalue weighted by Crippen LogP contribution is -2.08. The number of aliphatic hydroxyl groups excluding tert-OH is 1. The van der Waals surface area contributed by atoms with Crippen LogP contribution in [-0.4, -0.2) is 25.4 Å². The maximum absolute atomic E-state index is 9.36. The third-order valence-corrected chi connectivity index (χ3v) is 2.77. The SMILES string of the molecule is COc1ccc(C(Cl)C(C)O)cc1OC. The van der Waals surface area contributed by atoms with Crippen LogP contribution < -0.4 is 9.47 Å². The van der Waals surface area contributed by atoms with Gasteiger partial charge in [0, 0.05) is 0 Å². The molecule has 0 spiro atoms. The molecule has 0 aliphatic heterocycles. The average molecular weight is 231 g/mol. The van der Waals surface area contributed by atoms with Crippen molar-refractivity contribution < 1.29 is 14.6 Å². The monoisotopic (exact) mass is 230 g/mol. The summed E-state index contributed by atoms with van der Waals surface area (Å²) >= 11 is 6.02. The van der Waals surface area contributed by atoms with E-state index in [1.807, 2.05) is 6.07 Å². The predicted octanol–water partition coefficient (Wildman–Crippen LogP) is 2.36. The highest BCUT2D eigenvalue weighted by atomic mass is 35.5. The van der Waals surface area contributed by atoms with Gasteiger partial charge in [0.2, 0.25) is 0 Å². The van der Waals surface area contributed by atoms with Crippen LogP contribution in [0.1, 0.15) is 17.9 Å². The molecule has 84 valence electrons. The van der Waals surface area contributed by atoms with Gasteiger partial charge in [0.25, 0.3) is 0 Å². The third kappa shape index (κ3) is 2.76. The van der Waals surface area contributed by atoms with Crippen molar-refractivity contribution in [2.75, 3.05) is 14.2 Å². The molecule has 0 radical (unpaired) electrons. The zero-order chi connectivity index (χ0) is 11.4. The number of alkyl halides is 1. The summed E-state index contributed by atoms with van der Waals surface area (Å²) in [5.41, 5.74) is 0.810. The van der Waals surface area contributed by atoms with Crippen LogP contribution in [0.4, 0.5) is 0 Å². The highest BCUT2D eigenvalue weighted by Gasteiger charge is 2.16. The largest absolute Gasteiger partial charge is 0.493 e. The number of aliphatic hydroxyl groups is 1. The number of ether oxygens (including phenoxy) is 2. The first-order valence-corrected chi connectivity index (χ1v) is 5.07. The second-order valence-corrected chi connectivity index (χ2v) is 3.73. The van der Waals surface area contributed by atoms with Crippen LogP contribution in [-0.2, 0) is 0 Å². The lowest BCUT2D eigenvalue weighted by molar-refractivity contribution is 0.189. The molecule has 0 saturated carbocycles. The summed E-state index contributed by atoms with van der Waals surface area (Å²) in [6.07, 6.45) is -0.607. The van der Waals surface area contributed by atoms with Crippen molar-refractivity contribution in [2.45, 2.75) is 18.4 Å². The smallest absolute Gasteiger partial charge is 0.161 e. The Morgan fingerprint density at radius 1 is 1.20 bits per heavy atom. The fourth-order valence-electron chi connectivity index (χ4n) is 1.30.